The minimum atomic E-state index is -1.66. The maximum Gasteiger partial charge on any atom is 0.327 e. The van der Waals surface area contributed by atoms with Gasteiger partial charge in [-0.15, -0.1) is 0 Å². The van der Waals surface area contributed by atoms with Crippen molar-refractivity contribution in [2.24, 2.45) is 33.8 Å². The van der Waals surface area contributed by atoms with Gasteiger partial charge in [0.25, 0.3) is 0 Å². The van der Waals surface area contributed by atoms with Crippen LogP contribution in [0.5, 0.6) is 0 Å². The number of hydrogen-bond acceptors (Lipinski definition) is 13. The number of amides is 7. The van der Waals surface area contributed by atoms with Crippen LogP contribution in [-0.4, -0.2) is 137 Å². The van der Waals surface area contributed by atoms with Crippen LogP contribution in [0.25, 0.3) is 0 Å². The molecule has 0 rings (SSSR count). The molecule has 290 valence electrons. The lowest BCUT2D eigenvalue weighted by Gasteiger charge is -2.27. The van der Waals surface area contributed by atoms with Gasteiger partial charge in [0.2, 0.25) is 41.4 Å². The molecule has 0 aromatic rings. The standard InChI is InChI=1S/C28H51N11O11S/c1-13(2)8-16(24(46)38-18(11-41)26(48)39-19(12-51)27(49)50)36-23(45)15(5-6-20(30)42)35-25(47)17(10-40)37-22(44)14(34-21(43)9-29)4-3-7-33-28(31)32/h13-19,40-41,51H,3-12,29H2,1-2H3,(H2,30,42)(H,34,43)(H,35,47)(H,36,45)(H,37,44)(H,38,46)(H,39,48)(H,49,50)(H4,31,32,33)/t14-,15-,16-,17-,18-,19-/m0/s1. The first kappa shape index (κ1) is 46.3. The quantitative estimate of drug-likeness (QED) is 0.0179. The molecule has 0 aromatic carbocycles. The molecule has 0 fully saturated rings. The molecule has 0 heterocycles. The Morgan fingerprint density at radius 1 is 0.667 bits per heavy atom. The number of carboxylic acid groups (broad SMARTS) is 1. The van der Waals surface area contributed by atoms with Gasteiger partial charge in [-0.1, -0.05) is 13.8 Å². The van der Waals surface area contributed by atoms with Crippen LogP contribution in [0.2, 0.25) is 0 Å². The number of nitrogens with one attached hydrogen (secondary N) is 6. The van der Waals surface area contributed by atoms with Crippen LogP contribution in [-0.2, 0) is 38.4 Å². The number of aliphatic hydroxyl groups is 2. The Labute approximate surface area is 299 Å². The van der Waals surface area contributed by atoms with Crippen LogP contribution in [0.4, 0.5) is 0 Å². The molecular formula is C28H51N11O11S. The number of aliphatic hydroxyl groups excluding tert-OH is 2. The highest BCUT2D eigenvalue weighted by molar-refractivity contribution is 7.80. The first-order chi connectivity index (χ1) is 23.9. The molecule has 0 saturated heterocycles. The zero-order chi connectivity index (χ0) is 39.3. The second kappa shape index (κ2) is 24.4. The fourth-order valence-corrected chi connectivity index (χ4v) is 4.47. The van der Waals surface area contributed by atoms with E-state index in [9.17, 15) is 48.6 Å². The summed E-state index contributed by atoms with van der Waals surface area (Å²) in [5, 5.41) is 42.5. The number of hydrogen-bond donors (Lipinski definition) is 14. The Balaban J connectivity index is 5.99. The van der Waals surface area contributed by atoms with Crippen LogP contribution in [0.1, 0.15) is 46.0 Å². The smallest absolute Gasteiger partial charge is 0.327 e. The number of carbonyl (C=O) groups is 8. The van der Waals surface area contributed by atoms with Crippen LogP contribution in [0, 0.1) is 5.92 Å². The Hall–Kier alpha value is -4.74. The van der Waals surface area contributed by atoms with Crippen molar-refractivity contribution in [1.29, 1.82) is 0 Å². The molecule has 23 heteroatoms. The summed E-state index contributed by atoms with van der Waals surface area (Å²) in [4.78, 5) is 104. The molecule has 7 amide bonds. The second-order valence-corrected chi connectivity index (χ2v) is 12.0. The molecule has 0 spiro atoms. The van der Waals surface area contributed by atoms with E-state index in [4.69, 9.17) is 28.0 Å². The maximum atomic E-state index is 13.4. The van der Waals surface area contributed by atoms with E-state index in [1.165, 1.54) is 0 Å². The molecule has 0 aliphatic rings. The molecule has 0 unspecified atom stereocenters. The zero-order valence-electron chi connectivity index (χ0n) is 28.4. The molecule has 0 aliphatic heterocycles. The minimum absolute atomic E-state index is 0.00516. The molecular weight excluding hydrogens is 698 g/mol. The van der Waals surface area contributed by atoms with Crippen LogP contribution >= 0.6 is 12.6 Å². The molecule has 6 atom stereocenters. The monoisotopic (exact) mass is 749 g/mol. The minimum Gasteiger partial charge on any atom is -0.480 e. The third-order valence-corrected chi connectivity index (χ3v) is 7.23. The topological polar surface area (TPSA) is 386 Å². The van der Waals surface area contributed by atoms with Crippen molar-refractivity contribution in [2.45, 2.75) is 82.2 Å². The third kappa shape index (κ3) is 18.7. The van der Waals surface area contributed by atoms with E-state index in [0.29, 0.717) is 0 Å². The summed E-state index contributed by atoms with van der Waals surface area (Å²) in [6.07, 6.45) is -0.584. The molecule has 0 radical (unpaired) electrons. The number of rotatable bonds is 25. The number of carboxylic acids is 1. The molecule has 0 aromatic heterocycles. The van der Waals surface area contributed by atoms with E-state index in [0.717, 1.165) is 0 Å². The van der Waals surface area contributed by atoms with Crippen molar-refractivity contribution in [3.05, 3.63) is 0 Å². The number of nitrogens with two attached hydrogens (primary N) is 4. The Morgan fingerprint density at radius 2 is 1.10 bits per heavy atom. The molecule has 0 saturated carbocycles. The zero-order valence-corrected chi connectivity index (χ0v) is 29.3. The summed E-state index contributed by atoms with van der Waals surface area (Å²) in [5.74, 6) is -8.62. The molecule has 0 aliphatic carbocycles. The molecule has 0 bridgehead atoms. The van der Waals surface area contributed by atoms with Gasteiger partial charge in [-0.2, -0.15) is 12.6 Å². The number of guanidine groups is 1. The van der Waals surface area contributed by atoms with Gasteiger partial charge in [-0.05, 0) is 31.6 Å². The van der Waals surface area contributed by atoms with Crippen molar-refractivity contribution in [3.63, 3.8) is 0 Å². The lowest BCUT2D eigenvalue weighted by atomic mass is 10.0. The number of aliphatic carboxylic acids is 1. The van der Waals surface area contributed by atoms with Crippen LogP contribution in [0.15, 0.2) is 4.99 Å². The summed E-state index contributed by atoms with van der Waals surface area (Å²) in [6, 6.07) is -8.84. The second-order valence-electron chi connectivity index (χ2n) is 11.6. The van der Waals surface area contributed by atoms with Crippen molar-refractivity contribution in [1.82, 2.24) is 31.9 Å². The Kier molecular flexibility index (Phi) is 22.1. The summed E-state index contributed by atoms with van der Waals surface area (Å²) in [5.41, 5.74) is 21.1. The van der Waals surface area contributed by atoms with Crippen molar-refractivity contribution >= 4 is 65.9 Å². The third-order valence-electron chi connectivity index (χ3n) is 6.86. The number of aliphatic imine (C=N–C) groups is 1. The highest BCUT2D eigenvalue weighted by atomic mass is 32.1. The number of nitrogens with zero attached hydrogens (tertiary/aromatic N) is 1. The molecule has 17 N–H and O–H groups in total. The highest BCUT2D eigenvalue weighted by Crippen LogP contribution is 2.08. The van der Waals surface area contributed by atoms with E-state index in [1.54, 1.807) is 13.8 Å². The number of thiol groups is 1. The van der Waals surface area contributed by atoms with E-state index < -0.39 is 110 Å². The predicted octanol–water partition coefficient (Wildman–Crippen LogP) is -6.78. The first-order valence-corrected chi connectivity index (χ1v) is 16.4. The first-order valence-electron chi connectivity index (χ1n) is 15.8. The number of primary amides is 1. The Bertz CT molecular complexity index is 1250. The average Bonchev–Trinajstić information content (AvgIpc) is 3.06. The van der Waals surface area contributed by atoms with Crippen molar-refractivity contribution < 1.29 is 53.7 Å². The van der Waals surface area contributed by atoms with Gasteiger partial charge in [0.15, 0.2) is 5.96 Å². The van der Waals surface area contributed by atoms with Gasteiger partial charge < -0.3 is 70.2 Å². The van der Waals surface area contributed by atoms with E-state index in [-0.39, 0.29) is 49.9 Å². The highest BCUT2D eigenvalue weighted by Gasteiger charge is 2.33. The van der Waals surface area contributed by atoms with E-state index in [1.807, 2.05) is 0 Å². The summed E-state index contributed by atoms with van der Waals surface area (Å²) >= 11 is 3.84. The number of carbonyl (C=O) groups excluding carboxylic acids is 7. The van der Waals surface area contributed by atoms with Crippen molar-refractivity contribution in [2.75, 3.05) is 32.1 Å². The fraction of sp³-hybridized carbons (Fsp3) is 0.679. The van der Waals surface area contributed by atoms with Gasteiger partial charge in [-0.3, -0.25) is 38.6 Å². The van der Waals surface area contributed by atoms with Gasteiger partial charge in [0.1, 0.15) is 36.3 Å². The largest absolute Gasteiger partial charge is 0.480 e. The van der Waals surface area contributed by atoms with E-state index >= 15 is 0 Å². The van der Waals surface area contributed by atoms with Crippen LogP contribution < -0.4 is 54.8 Å². The maximum absolute atomic E-state index is 13.4. The predicted molar refractivity (Wildman–Crippen MR) is 184 cm³/mol. The average molecular weight is 750 g/mol. The summed E-state index contributed by atoms with van der Waals surface area (Å²) in [7, 11) is 0. The molecule has 22 nitrogen and oxygen atoms in total. The Morgan fingerprint density at radius 3 is 1.51 bits per heavy atom. The fourth-order valence-electron chi connectivity index (χ4n) is 4.22. The lowest BCUT2D eigenvalue weighted by molar-refractivity contribution is -0.142. The SMILES string of the molecule is CC(C)C[C@H](NC(=O)[C@H](CCC(N)=O)NC(=O)[C@H](CO)NC(=O)[C@H](CCCN=C(N)N)NC(=O)CN)C(=O)N[C@@H](CO)C(=O)N[C@@H](CS)C(=O)O. The molecule has 51 heavy (non-hydrogen) atoms. The summed E-state index contributed by atoms with van der Waals surface area (Å²) < 4.78 is 0. The van der Waals surface area contributed by atoms with Gasteiger partial charge in [0, 0.05) is 18.7 Å². The lowest BCUT2D eigenvalue weighted by Crippen LogP contribution is -2.60. The van der Waals surface area contributed by atoms with E-state index in [2.05, 4.69) is 49.5 Å². The van der Waals surface area contributed by atoms with Crippen molar-refractivity contribution in [3.8, 4) is 0 Å². The van der Waals surface area contributed by atoms with Gasteiger partial charge in [-0.25, -0.2) is 4.79 Å². The van der Waals surface area contributed by atoms with Gasteiger partial charge >= 0.3 is 5.97 Å². The summed E-state index contributed by atoms with van der Waals surface area (Å²) in [6.45, 7) is 1.17. The normalized spacial score (nSPS) is 14.3. The van der Waals surface area contributed by atoms with Gasteiger partial charge in [0.05, 0.1) is 19.8 Å². The van der Waals surface area contributed by atoms with Crippen LogP contribution in [0.3, 0.4) is 0 Å².